The predicted octanol–water partition coefficient (Wildman–Crippen LogP) is 5.87. The van der Waals surface area contributed by atoms with Crippen molar-refractivity contribution in [2.45, 2.75) is 124 Å². The van der Waals surface area contributed by atoms with E-state index in [0.29, 0.717) is 29.2 Å². The minimum atomic E-state index is -0.0112. The van der Waals surface area contributed by atoms with Crippen LogP contribution in [-0.2, 0) is 9.53 Å². The Morgan fingerprint density at radius 1 is 1.00 bits per heavy atom. The van der Waals surface area contributed by atoms with Crippen molar-refractivity contribution in [3.63, 3.8) is 0 Å². The summed E-state index contributed by atoms with van der Waals surface area (Å²) in [6, 6.07) is 0.679. The second-order valence-electron chi connectivity index (χ2n) is 13.9. The molecule has 5 nitrogen and oxygen atoms in total. The van der Waals surface area contributed by atoms with Crippen molar-refractivity contribution in [2.75, 3.05) is 19.8 Å². The van der Waals surface area contributed by atoms with Gasteiger partial charge in [-0.25, -0.2) is 0 Å². The number of hydrogen-bond donors (Lipinski definition) is 3. The highest BCUT2D eigenvalue weighted by Crippen LogP contribution is 2.68. The molecule has 0 aromatic heterocycles. The molecule has 4 aliphatic rings. The second kappa shape index (κ2) is 12.0. The molecule has 0 radical (unpaired) electrons. The number of hydrogen-bond acceptors (Lipinski definition) is 5. The molecule has 0 bridgehead atoms. The van der Waals surface area contributed by atoms with Gasteiger partial charge in [-0.1, -0.05) is 20.8 Å². The first-order valence-electron chi connectivity index (χ1n) is 15.5. The lowest BCUT2D eigenvalue weighted by Gasteiger charge is -2.61. The van der Waals surface area contributed by atoms with Crippen molar-refractivity contribution in [1.82, 2.24) is 10.6 Å². The first kappa shape index (κ1) is 28.4. The lowest BCUT2D eigenvalue weighted by atomic mass is 9.44. The number of nitrogens with one attached hydrogen (secondary N) is 2. The largest absolute Gasteiger partial charge is 0.463 e. The molecule has 0 aliphatic heterocycles. The molecular formula is C31H57N3O2. The third-order valence-corrected chi connectivity index (χ3v) is 11.7. The molecule has 0 spiro atoms. The Morgan fingerprint density at radius 2 is 1.75 bits per heavy atom. The summed E-state index contributed by atoms with van der Waals surface area (Å²) in [5.41, 5.74) is 6.63. The predicted molar refractivity (Wildman–Crippen MR) is 148 cm³/mol. The summed E-state index contributed by atoms with van der Waals surface area (Å²) >= 11 is 0. The number of ether oxygens (including phenoxy) is 1. The zero-order valence-corrected chi connectivity index (χ0v) is 24.1. The van der Waals surface area contributed by atoms with Gasteiger partial charge < -0.3 is 21.1 Å². The molecule has 4 fully saturated rings. The fourth-order valence-electron chi connectivity index (χ4n) is 9.82. The molecular weight excluding hydrogens is 446 g/mol. The summed E-state index contributed by atoms with van der Waals surface area (Å²) in [6.07, 6.45) is 15.2. The van der Waals surface area contributed by atoms with E-state index in [1.165, 1.54) is 57.8 Å². The number of fused-ring (bicyclic) bond motifs is 5. The maximum absolute atomic E-state index is 12.2. The lowest BCUT2D eigenvalue weighted by Crippen LogP contribution is -2.55. The quantitative estimate of drug-likeness (QED) is 0.187. The van der Waals surface area contributed by atoms with Crippen LogP contribution >= 0.6 is 0 Å². The Bertz CT molecular complexity index is 729. The maximum Gasteiger partial charge on any atom is 0.306 e. The third-order valence-electron chi connectivity index (χ3n) is 11.7. The van der Waals surface area contributed by atoms with Crippen LogP contribution in [0.1, 0.15) is 112 Å². The van der Waals surface area contributed by atoms with Crippen molar-refractivity contribution in [3.05, 3.63) is 0 Å². The van der Waals surface area contributed by atoms with Gasteiger partial charge in [0.1, 0.15) is 0 Å². The van der Waals surface area contributed by atoms with E-state index in [0.717, 1.165) is 62.2 Å². The summed E-state index contributed by atoms with van der Waals surface area (Å²) in [5.74, 6) is 5.01. The van der Waals surface area contributed by atoms with Crippen molar-refractivity contribution in [1.29, 1.82) is 0 Å². The first-order chi connectivity index (χ1) is 17.2. The number of esters is 1. The van der Waals surface area contributed by atoms with Crippen molar-refractivity contribution in [3.8, 4) is 0 Å². The maximum atomic E-state index is 12.2. The van der Waals surface area contributed by atoms with E-state index in [9.17, 15) is 4.79 Å². The zero-order valence-electron chi connectivity index (χ0n) is 24.1. The van der Waals surface area contributed by atoms with Crippen molar-refractivity contribution in [2.24, 2.45) is 52.1 Å². The van der Waals surface area contributed by atoms with Gasteiger partial charge in [0.2, 0.25) is 0 Å². The normalized spacial score (nSPS) is 40.9. The summed E-state index contributed by atoms with van der Waals surface area (Å²) in [5, 5.41) is 7.32. The van der Waals surface area contributed by atoms with E-state index in [1.807, 2.05) is 13.8 Å². The zero-order chi connectivity index (χ0) is 25.9. The van der Waals surface area contributed by atoms with Crippen LogP contribution in [0.25, 0.3) is 0 Å². The molecule has 0 aromatic rings. The molecule has 4 saturated carbocycles. The number of carbonyl (C=O) groups is 1. The van der Waals surface area contributed by atoms with Gasteiger partial charge in [0.15, 0.2) is 0 Å². The van der Waals surface area contributed by atoms with Gasteiger partial charge in [-0.15, -0.1) is 0 Å². The van der Waals surface area contributed by atoms with Gasteiger partial charge in [0.05, 0.1) is 6.10 Å². The van der Waals surface area contributed by atoms with E-state index >= 15 is 0 Å². The summed E-state index contributed by atoms with van der Waals surface area (Å²) in [4.78, 5) is 12.2. The Balaban J connectivity index is 1.33. The third kappa shape index (κ3) is 5.83. The molecule has 9 atom stereocenters. The van der Waals surface area contributed by atoms with Gasteiger partial charge in [0, 0.05) is 19.1 Å². The van der Waals surface area contributed by atoms with Gasteiger partial charge in [-0.2, -0.15) is 0 Å². The Labute approximate surface area is 221 Å². The average Bonchev–Trinajstić information content (AvgIpc) is 3.19. The Morgan fingerprint density at radius 3 is 2.50 bits per heavy atom. The molecule has 36 heavy (non-hydrogen) atoms. The fraction of sp³-hybridized carbons (Fsp3) is 0.968. The van der Waals surface area contributed by atoms with Crippen LogP contribution in [0.2, 0.25) is 0 Å². The monoisotopic (exact) mass is 503 g/mol. The second-order valence-corrected chi connectivity index (χ2v) is 13.9. The van der Waals surface area contributed by atoms with E-state index in [2.05, 4.69) is 31.4 Å². The lowest BCUT2D eigenvalue weighted by molar-refractivity contribution is -0.148. The highest BCUT2D eigenvalue weighted by Gasteiger charge is 2.60. The fourth-order valence-corrected chi connectivity index (χ4v) is 9.82. The Hall–Kier alpha value is -0.650. The first-order valence-corrected chi connectivity index (χ1v) is 15.5. The van der Waals surface area contributed by atoms with Crippen LogP contribution in [0, 0.1) is 46.3 Å². The van der Waals surface area contributed by atoms with E-state index < -0.39 is 0 Å². The smallest absolute Gasteiger partial charge is 0.306 e. The van der Waals surface area contributed by atoms with E-state index in [4.69, 9.17) is 10.5 Å². The minimum Gasteiger partial charge on any atom is -0.463 e. The molecule has 208 valence electrons. The van der Waals surface area contributed by atoms with Crippen molar-refractivity contribution < 1.29 is 9.53 Å². The van der Waals surface area contributed by atoms with Gasteiger partial charge >= 0.3 is 5.97 Å². The minimum absolute atomic E-state index is 0.00296. The standard InChI is InChI=1S/C31H57N3O2/c1-21(2)36-29(35)12-7-22(3)26-10-11-27-25-9-8-23-19-24(34-20-33-18-6-17-32)13-15-30(23,4)28(25)14-16-31(26,27)5/h21-28,33-34H,6-20,32H2,1-5H3/t22-,23?,24+,25?,26-,27?,28?,30+,31-/m1/s1. The molecule has 4 rings (SSSR count). The van der Waals surface area contributed by atoms with Crippen molar-refractivity contribution >= 4 is 5.97 Å². The van der Waals surface area contributed by atoms with Gasteiger partial charge in [-0.05, 0) is 144 Å². The summed E-state index contributed by atoms with van der Waals surface area (Å²) in [7, 11) is 0. The van der Waals surface area contributed by atoms with Crippen LogP contribution in [0.5, 0.6) is 0 Å². The molecule has 0 saturated heterocycles. The van der Waals surface area contributed by atoms with Crippen LogP contribution in [0.15, 0.2) is 0 Å². The number of rotatable bonds is 11. The molecule has 0 aromatic carbocycles. The molecule has 0 heterocycles. The van der Waals surface area contributed by atoms with Crippen LogP contribution in [-0.4, -0.2) is 37.9 Å². The highest BCUT2D eigenvalue weighted by atomic mass is 16.5. The number of carbonyl (C=O) groups excluding carboxylic acids is 1. The SMILES string of the molecule is CC(C)OC(=O)CC[C@@H](C)[C@H]1CCC2C3CCC4C[C@@H](NCNCCCN)CC[C@]4(C)C3CC[C@@]21C. The van der Waals surface area contributed by atoms with Gasteiger partial charge in [0.25, 0.3) is 0 Å². The summed E-state index contributed by atoms with van der Waals surface area (Å²) in [6.45, 7) is 14.4. The molecule has 4 aliphatic carbocycles. The van der Waals surface area contributed by atoms with Gasteiger partial charge in [-0.3, -0.25) is 4.79 Å². The topological polar surface area (TPSA) is 76.4 Å². The number of nitrogens with two attached hydrogens (primary N) is 1. The van der Waals surface area contributed by atoms with Crippen LogP contribution in [0.4, 0.5) is 0 Å². The Kier molecular flexibility index (Phi) is 9.48. The van der Waals surface area contributed by atoms with E-state index in [-0.39, 0.29) is 12.1 Å². The van der Waals surface area contributed by atoms with Crippen LogP contribution < -0.4 is 16.4 Å². The molecule has 0 amide bonds. The summed E-state index contributed by atoms with van der Waals surface area (Å²) < 4.78 is 5.42. The average molecular weight is 504 g/mol. The van der Waals surface area contributed by atoms with E-state index in [1.54, 1.807) is 0 Å². The molecule has 4 N–H and O–H groups in total. The molecule has 4 unspecified atom stereocenters. The van der Waals surface area contributed by atoms with Crippen LogP contribution in [0.3, 0.4) is 0 Å². The highest BCUT2D eigenvalue weighted by molar-refractivity contribution is 5.69. The molecule has 5 heteroatoms.